The second-order valence-corrected chi connectivity index (χ2v) is 19.4. The molecule has 2 aliphatic heterocycles. The van der Waals surface area contributed by atoms with E-state index in [9.17, 15) is 77.6 Å². The number of pyridine rings is 1. The summed E-state index contributed by atoms with van der Waals surface area (Å²) < 4.78 is 94.0. The molecular formula is C20H30N7O23P5. The summed E-state index contributed by atoms with van der Waals surface area (Å²) in [6.07, 6.45) is -11.5. The number of aromatic nitrogens is 5. The van der Waals surface area contributed by atoms with Crippen LogP contribution in [0.4, 0.5) is 5.82 Å². The van der Waals surface area contributed by atoms with Gasteiger partial charge < -0.3 is 65.2 Å². The molecule has 0 radical (unpaired) electrons. The SMILES string of the molecule is Nc1ncnc2c1ncn2[C@@H]1O[C@H](COP(=O)(O)OP(=O)(O)NP(=O)(O)OP(=O)(O)OP(=O)(O)OC[C@H]2O[C@@H](c3ccc(=O)[nH]c3O)C(O)C2O)C(O)C1O. The largest absolute Gasteiger partial charge is 0.494 e. The topological polar surface area (TPSA) is 467 Å². The highest BCUT2D eigenvalue weighted by atomic mass is 31.3. The highest BCUT2D eigenvalue weighted by Gasteiger charge is 2.50. The number of aromatic hydroxyl groups is 1. The summed E-state index contributed by atoms with van der Waals surface area (Å²) >= 11 is 0. The third-order valence-electron chi connectivity index (χ3n) is 7.29. The molecule has 2 aliphatic rings. The molecule has 0 spiro atoms. The smallest absolute Gasteiger partial charge is 0.489 e. The Bertz CT molecular complexity index is 2210. The summed E-state index contributed by atoms with van der Waals surface area (Å²) in [5.41, 5.74) is 4.88. The van der Waals surface area contributed by atoms with E-state index >= 15 is 0 Å². The third-order valence-corrected chi connectivity index (χ3v) is 15.3. The van der Waals surface area contributed by atoms with E-state index in [4.69, 9.17) is 15.2 Å². The molecule has 0 aliphatic carbocycles. The van der Waals surface area contributed by atoms with Gasteiger partial charge in [-0.1, -0.05) is 0 Å². The quantitative estimate of drug-likeness (QED) is 0.0659. The second kappa shape index (κ2) is 16.1. The molecule has 2 fully saturated rings. The Morgan fingerprint density at radius 1 is 0.782 bits per heavy atom. The first-order chi connectivity index (χ1) is 25.3. The van der Waals surface area contributed by atoms with Gasteiger partial charge in [-0.15, -0.1) is 4.86 Å². The fraction of sp³-hybridized carbons (Fsp3) is 0.500. The number of ether oxygens (including phenoxy) is 2. The van der Waals surface area contributed by atoms with Crippen molar-refractivity contribution >= 4 is 55.9 Å². The van der Waals surface area contributed by atoms with E-state index in [0.717, 1.165) is 29.4 Å². The molecular weight excluding hydrogens is 861 g/mol. The van der Waals surface area contributed by atoms with Gasteiger partial charge in [-0.3, -0.25) is 23.4 Å². The van der Waals surface area contributed by atoms with Crippen molar-refractivity contribution < 1.29 is 104 Å². The average Bonchev–Trinajstić information content (AvgIpc) is 3.67. The van der Waals surface area contributed by atoms with E-state index in [0.29, 0.717) is 4.86 Å². The fourth-order valence-electron chi connectivity index (χ4n) is 5.00. The van der Waals surface area contributed by atoms with Crippen LogP contribution in [-0.2, 0) is 54.3 Å². The number of H-pyrrole nitrogens is 1. The van der Waals surface area contributed by atoms with Gasteiger partial charge in [-0.05, 0) is 6.07 Å². The van der Waals surface area contributed by atoms with Crippen molar-refractivity contribution in [1.82, 2.24) is 29.4 Å². The maximum absolute atomic E-state index is 12.4. The Labute approximate surface area is 304 Å². The van der Waals surface area contributed by atoms with E-state index in [-0.39, 0.29) is 22.5 Å². The summed E-state index contributed by atoms with van der Waals surface area (Å²) in [4.78, 5) is 75.0. The lowest BCUT2D eigenvalue weighted by Crippen LogP contribution is -2.33. The number of anilines is 1. The van der Waals surface area contributed by atoms with Crippen LogP contribution in [-0.4, -0.2) is 124 Å². The molecule has 3 aromatic rings. The lowest BCUT2D eigenvalue weighted by molar-refractivity contribution is -0.0502. The minimum Gasteiger partial charge on any atom is -0.494 e. The predicted molar refractivity (Wildman–Crippen MR) is 171 cm³/mol. The van der Waals surface area contributed by atoms with Crippen LogP contribution < -0.4 is 16.2 Å². The van der Waals surface area contributed by atoms with E-state index < -0.39 is 113 Å². The Morgan fingerprint density at radius 2 is 1.35 bits per heavy atom. The third kappa shape index (κ3) is 10.6. The zero-order valence-corrected chi connectivity index (χ0v) is 31.2. The zero-order valence-electron chi connectivity index (χ0n) is 26.7. The van der Waals surface area contributed by atoms with Crippen LogP contribution in [0.25, 0.3) is 11.2 Å². The first-order valence-corrected chi connectivity index (χ1v) is 22.2. The average molecular weight is 891 g/mol. The van der Waals surface area contributed by atoms with E-state index in [1.54, 1.807) is 0 Å². The molecule has 0 saturated carbocycles. The Morgan fingerprint density at radius 3 is 1.96 bits per heavy atom. The molecule has 2 saturated heterocycles. The van der Waals surface area contributed by atoms with E-state index in [1.807, 2.05) is 4.98 Å². The van der Waals surface area contributed by atoms with Crippen molar-refractivity contribution in [3.63, 3.8) is 0 Å². The number of hydrogen-bond donors (Lipinski definition) is 13. The van der Waals surface area contributed by atoms with E-state index in [1.165, 1.54) is 0 Å². The summed E-state index contributed by atoms with van der Waals surface area (Å²) in [7, 11) is -30.3. The molecule has 3 aromatic heterocycles. The zero-order chi connectivity index (χ0) is 40.9. The highest BCUT2D eigenvalue weighted by molar-refractivity contribution is 7.74. The molecule has 5 heterocycles. The van der Waals surface area contributed by atoms with E-state index in [2.05, 4.69) is 36.9 Å². The highest BCUT2D eigenvalue weighted by Crippen LogP contribution is 2.70. The number of fused-ring (bicyclic) bond motifs is 1. The molecule has 14 N–H and O–H groups in total. The van der Waals surface area contributed by atoms with Gasteiger partial charge in [-0.25, -0.2) is 37.8 Å². The van der Waals surface area contributed by atoms with Crippen LogP contribution >= 0.6 is 39.0 Å². The number of rotatable bonds is 16. The molecule has 5 rings (SSSR count). The number of nitrogen functional groups attached to an aromatic ring is 1. The number of aliphatic hydroxyl groups excluding tert-OH is 4. The molecule has 0 bridgehead atoms. The van der Waals surface area contributed by atoms with Crippen molar-refractivity contribution in [1.29, 1.82) is 0 Å². The Hall–Kier alpha value is -2.43. The van der Waals surface area contributed by atoms with Crippen molar-refractivity contribution in [3.8, 4) is 5.88 Å². The predicted octanol–water partition coefficient (Wildman–Crippen LogP) is -2.54. The van der Waals surface area contributed by atoms with Crippen LogP contribution in [0.3, 0.4) is 0 Å². The number of nitrogens with one attached hydrogen (secondary N) is 2. The molecule has 308 valence electrons. The summed E-state index contributed by atoms with van der Waals surface area (Å²) in [6, 6.07) is 1.96. The number of imidazole rings is 1. The summed E-state index contributed by atoms with van der Waals surface area (Å²) in [5, 5.41) is 51.3. The van der Waals surface area contributed by atoms with Crippen molar-refractivity contribution in [2.75, 3.05) is 18.9 Å². The minimum atomic E-state index is -6.29. The van der Waals surface area contributed by atoms with Crippen LogP contribution in [0.15, 0.2) is 29.6 Å². The molecule has 9 unspecified atom stereocenters. The van der Waals surface area contributed by atoms with Crippen LogP contribution in [0, 0.1) is 0 Å². The van der Waals surface area contributed by atoms with Crippen molar-refractivity contribution in [3.05, 3.63) is 40.7 Å². The van der Waals surface area contributed by atoms with Crippen molar-refractivity contribution in [2.45, 2.75) is 49.0 Å². The molecule has 0 amide bonds. The van der Waals surface area contributed by atoms with Crippen LogP contribution in [0.2, 0.25) is 0 Å². The maximum atomic E-state index is 12.4. The van der Waals surface area contributed by atoms with Gasteiger partial charge >= 0.3 is 39.0 Å². The van der Waals surface area contributed by atoms with Gasteiger partial charge in [0.25, 0.3) is 5.56 Å². The lowest BCUT2D eigenvalue weighted by Gasteiger charge is -2.22. The fourth-order valence-corrected chi connectivity index (χ4v) is 11.9. The van der Waals surface area contributed by atoms with Gasteiger partial charge in [0.2, 0.25) is 0 Å². The van der Waals surface area contributed by atoms with Crippen LogP contribution in [0.5, 0.6) is 5.88 Å². The number of nitrogens with zero attached hydrogens (tertiary/aromatic N) is 4. The van der Waals surface area contributed by atoms with Gasteiger partial charge in [-0.2, -0.15) is 12.9 Å². The maximum Gasteiger partial charge on any atom is 0.489 e. The number of aromatic amines is 1. The minimum absolute atomic E-state index is 0.0379. The lowest BCUT2D eigenvalue weighted by atomic mass is 10.0. The van der Waals surface area contributed by atoms with Crippen LogP contribution in [0.1, 0.15) is 17.9 Å². The normalized spacial score (nSPS) is 31.3. The monoisotopic (exact) mass is 891 g/mol. The molecule has 30 nitrogen and oxygen atoms in total. The number of phosphoric ester groups is 2. The van der Waals surface area contributed by atoms with Gasteiger partial charge in [0.1, 0.15) is 54.6 Å². The summed E-state index contributed by atoms with van der Waals surface area (Å²) in [5.74, 6) is -0.796. The molecule has 13 atom stereocenters. The summed E-state index contributed by atoms with van der Waals surface area (Å²) in [6.45, 7) is -2.36. The molecule has 55 heavy (non-hydrogen) atoms. The standard InChI is InChI=1S/C20H30N7O23P5/c21-17-11-18(23-5-22-17)27(6-24-11)20-15(32)13(30)9(47-20)4-44-53(38,39)48-51(34,35)26-52(36,37)49-55(42,43)50-54(40,41)45-3-8-12(29)14(31)16(46-8)7-1-2-10(28)25-19(7)33/h1-2,5-6,8-9,12-16,20,29-32H,3-4H2,(H,38,39)(H,40,41)(H,42,43)(H2,21,22,23)(H2,25,28,33)(H3,26,34,35,36,37)/t8-,9-,12?,13?,14?,15?,16+,20-/m1/s1. The van der Waals surface area contributed by atoms with Gasteiger partial charge in [0, 0.05) is 11.6 Å². The number of nitrogens with two attached hydrogens (primary N) is 1. The molecule has 35 heteroatoms. The van der Waals surface area contributed by atoms with Crippen molar-refractivity contribution in [2.24, 2.45) is 0 Å². The first-order valence-electron chi connectivity index (χ1n) is 14.5. The Kier molecular flexibility index (Phi) is 12.8. The Balaban J connectivity index is 1.13. The first kappa shape index (κ1) is 43.7. The van der Waals surface area contributed by atoms with Gasteiger partial charge in [0.05, 0.1) is 19.5 Å². The molecule has 0 aromatic carbocycles. The number of phosphoric acid groups is 3. The van der Waals surface area contributed by atoms with Gasteiger partial charge in [0.15, 0.2) is 23.6 Å². The second-order valence-electron chi connectivity index (χ2n) is 11.2. The number of aliphatic hydroxyl groups is 4. The number of hydrogen-bond acceptors (Lipinski definition) is 22.